The third-order valence-electron chi connectivity index (χ3n) is 3.65. The molecule has 0 radical (unpaired) electrons. The predicted octanol–water partition coefficient (Wildman–Crippen LogP) is 5.23. The maximum Gasteiger partial charge on any atom is 0.277 e. The third kappa shape index (κ3) is 5.56. The first-order valence-corrected chi connectivity index (χ1v) is 10.1. The van der Waals surface area contributed by atoms with E-state index >= 15 is 0 Å². The zero-order chi connectivity index (χ0) is 20.1. The van der Waals surface area contributed by atoms with Gasteiger partial charge in [0.25, 0.3) is 11.1 Å². The number of nitrogens with zero attached hydrogens (tertiary/aromatic N) is 2. The van der Waals surface area contributed by atoms with Gasteiger partial charge in [0, 0.05) is 10.2 Å². The Balaban J connectivity index is 1.56. The Bertz CT molecular complexity index is 934. The molecule has 1 heterocycles. The van der Waals surface area contributed by atoms with E-state index in [1.807, 2.05) is 12.1 Å². The molecule has 0 bridgehead atoms. The number of amides is 1. The Labute approximate surface area is 174 Å². The van der Waals surface area contributed by atoms with Gasteiger partial charge in [0.05, 0.1) is 5.25 Å². The van der Waals surface area contributed by atoms with Crippen LogP contribution in [0, 0.1) is 5.82 Å². The van der Waals surface area contributed by atoms with Crippen molar-refractivity contribution in [2.75, 3.05) is 5.32 Å². The number of anilines is 1. The van der Waals surface area contributed by atoms with Crippen LogP contribution in [0.1, 0.15) is 25.8 Å². The molecule has 146 valence electrons. The van der Waals surface area contributed by atoms with Crippen LogP contribution in [0.25, 0.3) is 0 Å². The minimum absolute atomic E-state index is 0.178. The molecule has 2 aromatic carbocycles. The van der Waals surface area contributed by atoms with Crippen LogP contribution in [0.4, 0.5) is 10.1 Å². The highest BCUT2D eigenvalue weighted by Gasteiger charge is 2.21. The first-order valence-electron chi connectivity index (χ1n) is 8.39. The Morgan fingerprint density at radius 1 is 1.14 bits per heavy atom. The first kappa shape index (κ1) is 20.3. The second kappa shape index (κ2) is 9.20. The minimum Gasteiger partial charge on any atom is -0.481 e. The van der Waals surface area contributed by atoms with Gasteiger partial charge >= 0.3 is 0 Å². The minimum atomic E-state index is -0.515. The van der Waals surface area contributed by atoms with Crippen molar-refractivity contribution < 1.29 is 18.3 Å². The van der Waals surface area contributed by atoms with E-state index in [0.29, 0.717) is 11.4 Å². The number of ether oxygens (including phenoxy) is 1. The summed E-state index contributed by atoms with van der Waals surface area (Å²) < 4.78 is 25.1. The number of rotatable bonds is 7. The zero-order valence-electron chi connectivity index (χ0n) is 15.1. The molecular formula is C19H17BrFN3O3S. The molecule has 1 N–H and O–H groups in total. The molecule has 9 heteroatoms. The molecule has 0 fully saturated rings. The SMILES string of the molecule is C[C@H](Oc1ccc(F)cc1)c1nnc(S[C@H](C)C(=O)Nc2ccc(Br)cc2)o1. The lowest BCUT2D eigenvalue weighted by molar-refractivity contribution is -0.115. The van der Waals surface area contributed by atoms with Crippen molar-refractivity contribution in [1.82, 2.24) is 10.2 Å². The van der Waals surface area contributed by atoms with Crippen molar-refractivity contribution in [2.24, 2.45) is 0 Å². The van der Waals surface area contributed by atoms with Crippen LogP contribution in [0.5, 0.6) is 5.75 Å². The van der Waals surface area contributed by atoms with Gasteiger partial charge in [-0.05, 0) is 62.4 Å². The molecule has 0 saturated heterocycles. The number of halogens is 2. The summed E-state index contributed by atoms with van der Waals surface area (Å²) in [6.07, 6.45) is -0.515. The van der Waals surface area contributed by atoms with Crippen molar-refractivity contribution in [2.45, 2.75) is 30.4 Å². The lowest BCUT2D eigenvalue weighted by Gasteiger charge is -2.11. The van der Waals surface area contributed by atoms with Gasteiger partial charge in [-0.15, -0.1) is 10.2 Å². The number of thioether (sulfide) groups is 1. The lowest BCUT2D eigenvalue weighted by atomic mass is 10.3. The van der Waals surface area contributed by atoms with Gasteiger partial charge in [-0.1, -0.05) is 27.7 Å². The zero-order valence-corrected chi connectivity index (χ0v) is 17.5. The Morgan fingerprint density at radius 2 is 1.82 bits per heavy atom. The molecule has 0 spiro atoms. The van der Waals surface area contributed by atoms with Crippen LogP contribution in [0.3, 0.4) is 0 Å². The molecule has 0 unspecified atom stereocenters. The number of aromatic nitrogens is 2. The quantitative estimate of drug-likeness (QED) is 0.481. The average Bonchev–Trinajstić information content (AvgIpc) is 3.14. The largest absolute Gasteiger partial charge is 0.481 e. The number of carbonyl (C=O) groups is 1. The van der Waals surface area contributed by atoms with Crippen LogP contribution in [0.2, 0.25) is 0 Å². The van der Waals surface area contributed by atoms with Crippen LogP contribution >= 0.6 is 27.7 Å². The number of carbonyl (C=O) groups excluding carboxylic acids is 1. The van der Waals surface area contributed by atoms with Gasteiger partial charge in [-0.3, -0.25) is 4.79 Å². The Morgan fingerprint density at radius 3 is 2.50 bits per heavy atom. The van der Waals surface area contributed by atoms with Gasteiger partial charge in [0.15, 0.2) is 6.10 Å². The molecule has 3 rings (SSSR count). The maximum absolute atomic E-state index is 13.0. The smallest absolute Gasteiger partial charge is 0.277 e. The van der Waals surface area contributed by atoms with E-state index < -0.39 is 11.4 Å². The van der Waals surface area contributed by atoms with E-state index in [1.54, 1.807) is 26.0 Å². The highest BCUT2D eigenvalue weighted by molar-refractivity contribution is 9.10. The van der Waals surface area contributed by atoms with Crippen molar-refractivity contribution in [3.05, 3.63) is 64.7 Å². The van der Waals surface area contributed by atoms with E-state index in [4.69, 9.17) is 9.15 Å². The molecule has 6 nitrogen and oxygen atoms in total. The second-order valence-electron chi connectivity index (χ2n) is 5.88. The highest BCUT2D eigenvalue weighted by atomic mass is 79.9. The van der Waals surface area contributed by atoms with Crippen LogP contribution < -0.4 is 10.1 Å². The molecule has 28 heavy (non-hydrogen) atoms. The first-order chi connectivity index (χ1) is 13.4. The number of hydrogen-bond donors (Lipinski definition) is 1. The van der Waals surface area contributed by atoms with Crippen molar-refractivity contribution in [3.63, 3.8) is 0 Å². The number of hydrogen-bond acceptors (Lipinski definition) is 6. The summed E-state index contributed by atoms with van der Waals surface area (Å²) in [5, 5.41) is 10.6. The Kier molecular flexibility index (Phi) is 6.69. The molecule has 1 aromatic heterocycles. The fraction of sp³-hybridized carbons (Fsp3) is 0.211. The molecule has 1 amide bonds. The van der Waals surface area contributed by atoms with Crippen LogP contribution in [-0.2, 0) is 4.79 Å². The highest BCUT2D eigenvalue weighted by Crippen LogP contribution is 2.27. The second-order valence-corrected chi connectivity index (χ2v) is 8.08. The summed E-state index contributed by atoms with van der Waals surface area (Å²) in [4.78, 5) is 12.3. The predicted molar refractivity (Wildman–Crippen MR) is 108 cm³/mol. The third-order valence-corrected chi connectivity index (χ3v) is 5.12. The standard InChI is InChI=1S/C19H17BrFN3O3S/c1-11(26-16-9-5-14(21)6-10-16)18-23-24-19(27-18)28-12(2)17(25)22-15-7-3-13(20)4-8-15/h3-12H,1-2H3,(H,22,25)/t11-,12+/m0/s1. The average molecular weight is 466 g/mol. The molecule has 2 atom stereocenters. The van der Waals surface area contributed by atoms with Gasteiger partial charge in [0.2, 0.25) is 5.91 Å². The van der Waals surface area contributed by atoms with Crippen molar-refractivity contribution in [1.29, 1.82) is 0 Å². The van der Waals surface area contributed by atoms with E-state index in [0.717, 1.165) is 16.2 Å². The van der Waals surface area contributed by atoms with Gasteiger partial charge < -0.3 is 14.5 Å². The van der Waals surface area contributed by atoms with Gasteiger partial charge in [-0.25, -0.2) is 4.39 Å². The van der Waals surface area contributed by atoms with Crippen molar-refractivity contribution >= 4 is 39.3 Å². The van der Waals surface area contributed by atoms with E-state index in [2.05, 4.69) is 31.4 Å². The van der Waals surface area contributed by atoms with Gasteiger partial charge in [-0.2, -0.15) is 0 Å². The Hall–Kier alpha value is -2.39. The number of nitrogens with one attached hydrogen (secondary N) is 1. The molecule has 0 aliphatic carbocycles. The topological polar surface area (TPSA) is 77.2 Å². The molecular weight excluding hydrogens is 449 g/mol. The summed E-state index contributed by atoms with van der Waals surface area (Å²) in [6.45, 7) is 3.50. The summed E-state index contributed by atoms with van der Waals surface area (Å²) >= 11 is 4.51. The summed E-state index contributed by atoms with van der Waals surface area (Å²) in [5.74, 6) is 0.241. The summed E-state index contributed by atoms with van der Waals surface area (Å²) in [7, 11) is 0. The molecule has 3 aromatic rings. The van der Waals surface area contributed by atoms with E-state index in [1.165, 1.54) is 24.3 Å². The lowest BCUT2D eigenvalue weighted by Crippen LogP contribution is -2.22. The number of benzene rings is 2. The fourth-order valence-electron chi connectivity index (χ4n) is 2.18. The van der Waals surface area contributed by atoms with Gasteiger partial charge in [0.1, 0.15) is 11.6 Å². The van der Waals surface area contributed by atoms with Crippen molar-refractivity contribution in [3.8, 4) is 5.75 Å². The molecule has 0 saturated carbocycles. The monoisotopic (exact) mass is 465 g/mol. The molecule has 0 aliphatic rings. The fourth-order valence-corrected chi connectivity index (χ4v) is 3.14. The van der Waals surface area contributed by atoms with Crippen LogP contribution in [-0.4, -0.2) is 21.4 Å². The van der Waals surface area contributed by atoms with E-state index in [9.17, 15) is 9.18 Å². The summed E-state index contributed by atoms with van der Waals surface area (Å²) in [6, 6.07) is 13.0. The normalized spacial score (nSPS) is 13.0. The van der Waals surface area contributed by atoms with E-state index in [-0.39, 0.29) is 22.8 Å². The molecule has 0 aliphatic heterocycles. The summed E-state index contributed by atoms with van der Waals surface area (Å²) in [5.41, 5.74) is 0.702. The maximum atomic E-state index is 13.0. The van der Waals surface area contributed by atoms with Crippen LogP contribution in [0.15, 0.2) is 62.6 Å².